The van der Waals surface area contributed by atoms with E-state index in [1.165, 1.54) is 0 Å². The molecule has 1 saturated heterocycles. The maximum absolute atomic E-state index is 12.2. The molecule has 0 bridgehead atoms. The highest BCUT2D eigenvalue weighted by atomic mass is 35.5. The van der Waals surface area contributed by atoms with Gasteiger partial charge in [0.05, 0.1) is 18.0 Å². The molecule has 1 aromatic rings. The van der Waals surface area contributed by atoms with Crippen molar-refractivity contribution in [2.75, 3.05) is 19.0 Å². The molecule has 2 aliphatic heterocycles. The van der Waals surface area contributed by atoms with Crippen molar-refractivity contribution < 1.29 is 9.59 Å². The third-order valence-electron chi connectivity index (χ3n) is 3.62. The summed E-state index contributed by atoms with van der Waals surface area (Å²) in [6.07, 6.45) is 0. The minimum atomic E-state index is -0.385. The third-order valence-corrected chi connectivity index (χ3v) is 3.88. The van der Waals surface area contributed by atoms with Crippen molar-refractivity contribution in [1.82, 2.24) is 10.2 Å². The highest BCUT2D eigenvalue weighted by Crippen LogP contribution is 2.37. The second-order valence-electron chi connectivity index (χ2n) is 4.56. The van der Waals surface area contributed by atoms with E-state index in [-0.39, 0.29) is 29.7 Å². The minimum Gasteiger partial charge on any atom is -0.328 e. The molecular weight excluding hydrogens is 252 g/mol. The lowest BCUT2D eigenvalue weighted by atomic mass is 9.94. The molecular formula is C13H13ClN2O2. The molecule has 1 amide bonds. The molecule has 18 heavy (non-hydrogen) atoms. The van der Waals surface area contributed by atoms with Crippen LogP contribution in [0.3, 0.4) is 0 Å². The van der Waals surface area contributed by atoms with Gasteiger partial charge in [0.25, 0.3) is 5.91 Å². The number of Topliss-reactive ketones (excluding diaryl/α,β-unsaturated/α-hetero) is 1. The topological polar surface area (TPSA) is 49.4 Å². The van der Waals surface area contributed by atoms with Crippen LogP contribution in [0.2, 0.25) is 0 Å². The molecule has 0 aliphatic carbocycles. The second kappa shape index (κ2) is 4.37. The lowest BCUT2D eigenvalue weighted by Crippen LogP contribution is -2.55. The smallest absolute Gasteiger partial charge is 0.254 e. The molecule has 2 atom stereocenters. The highest BCUT2D eigenvalue weighted by Gasteiger charge is 2.45. The van der Waals surface area contributed by atoms with Crippen molar-refractivity contribution in [1.29, 1.82) is 0 Å². The normalized spacial score (nSPS) is 25.8. The lowest BCUT2D eigenvalue weighted by Gasteiger charge is -2.36. The summed E-state index contributed by atoms with van der Waals surface area (Å²) >= 11 is 5.65. The number of rotatable bonds is 2. The van der Waals surface area contributed by atoms with Crippen LogP contribution < -0.4 is 5.32 Å². The summed E-state index contributed by atoms with van der Waals surface area (Å²) in [5.41, 5.74) is 1.64. The van der Waals surface area contributed by atoms with Gasteiger partial charge in [0.15, 0.2) is 5.78 Å². The van der Waals surface area contributed by atoms with Crippen LogP contribution in [0.4, 0.5) is 0 Å². The van der Waals surface area contributed by atoms with E-state index >= 15 is 0 Å². The van der Waals surface area contributed by atoms with Gasteiger partial charge in [-0.15, -0.1) is 11.6 Å². The Morgan fingerprint density at radius 1 is 1.44 bits per heavy atom. The van der Waals surface area contributed by atoms with Gasteiger partial charge < -0.3 is 10.2 Å². The van der Waals surface area contributed by atoms with E-state index in [1.54, 1.807) is 4.90 Å². The molecule has 0 aromatic heterocycles. The number of alkyl halides is 1. The van der Waals surface area contributed by atoms with Crippen LogP contribution in [-0.2, 0) is 4.79 Å². The van der Waals surface area contributed by atoms with Crippen LogP contribution in [0.25, 0.3) is 0 Å². The fourth-order valence-corrected chi connectivity index (χ4v) is 2.99. The van der Waals surface area contributed by atoms with E-state index in [1.807, 2.05) is 24.3 Å². The number of amides is 1. The van der Waals surface area contributed by atoms with E-state index in [0.29, 0.717) is 18.7 Å². The third kappa shape index (κ3) is 1.56. The molecule has 4 nitrogen and oxygen atoms in total. The first-order valence-corrected chi connectivity index (χ1v) is 6.49. The lowest BCUT2D eigenvalue weighted by molar-refractivity contribution is -0.120. The molecule has 2 aliphatic rings. The van der Waals surface area contributed by atoms with Crippen molar-refractivity contribution in [2.24, 2.45) is 0 Å². The first-order valence-electron chi connectivity index (χ1n) is 5.96. The number of hydrogen-bond donors (Lipinski definition) is 1. The SMILES string of the molecule is O=C(CCl)C1NCCN2C(=O)c3ccccc3C12. The molecule has 1 fully saturated rings. The molecule has 1 N–H and O–H groups in total. The van der Waals surface area contributed by atoms with Gasteiger partial charge in [0, 0.05) is 18.7 Å². The number of nitrogens with zero attached hydrogens (tertiary/aromatic N) is 1. The summed E-state index contributed by atoms with van der Waals surface area (Å²) in [4.78, 5) is 25.9. The van der Waals surface area contributed by atoms with Gasteiger partial charge in [-0.25, -0.2) is 0 Å². The van der Waals surface area contributed by atoms with Crippen molar-refractivity contribution in [2.45, 2.75) is 12.1 Å². The number of benzene rings is 1. The predicted octanol–water partition coefficient (Wildman–Crippen LogP) is 0.963. The van der Waals surface area contributed by atoms with Crippen LogP contribution in [0, 0.1) is 0 Å². The largest absolute Gasteiger partial charge is 0.328 e. The molecule has 94 valence electrons. The van der Waals surface area contributed by atoms with Crippen LogP contribution in [0.1, 0.15) is 22.0 Å². The monoisotopic (exact) mass is 264 g/mol. The van der Waals surface area contributed by atoms with Gasteiger partial charge in [0.2, 0.25) is 0 Å². The fraction of sp³-hybridized carbons (Fsp3) is 0.385. The summed E-state index contributed by atoms with van der Waals surface area (Å²) in [5, 5.41) is 3.17. The van der Waals surface area contributed by atoms with Crippen molar-refractivity contribution in [3.05, 3.63) is 35.4 Å². The summed E-state index contributed by atoms with van der Waals surface area (Å²) in [5.74, 6) is -0.0708. The predicted molar refractivity (Wildman–Crippen MR) is 67.7 cm³/mol. The Labute approximate surface area is 110 Å². The van der Waals surface area contributed by atoms with Crippen molar-refractivity contribution in [3.63, 3.8) is 0 Å². The van der Waals surface area contributed by atoms with Gasteiger partial charge in [-0.1, -0.05) is 18.2 Å². The number of halogens is 1. The average Bonchev–Trinajstić information content (AvgIpc) is 2.72. The summed E-state index contributed by atoms with van der Waals surface area (Å²) in [6, 6.07) is 6.89. The van der Waals surface area contributed by atoms with Gasteiger partial charge >= 0.3 is 0 Å². The molecule has 0 saturated carbocycles. The van der Waals surface area contributed by atoms with Gasteiger partial charge in [0.1, 0.15) is 0 Å². The summed E-state index contributed by atoms with van der Waals surface area (Å²) in [6.45, 7) is 1.26. The number of ketones is 1. The van der Waals surface area contributed by atoms with Crippen LogP contribution >= 0.6 is 11.6 Å². The molecule has 0 radical (unpaired) electrons. The summed E-state index contributed by atoms with van der Waals surface area (Å²) < 4.78 is 0. The minimum absolute atomic E-state index is 0.0180. The Morgan fingerprint density at radius 2 is 2.22 bits per heavy atom. The van der Waals surface area contributed by atoms with Crippen molar-refractivity contribution in [3.8, 4) is 0 Å². The second-order valence-corrected chi connectivity index (χ2v) is 4.83. The van der Waals surface area contributed by atoms with E-state index in [4.69, 9.17) is 11.6 Å². The number of hydrogen-bond acceptors (Lipinski definition) is 3. The Morgan fingerprint density at radius 3 is 3.00 bits per heavy atom. The Hall–Kier alpha value is -1.39. The van der Waals surface area contributed by atoms with E-state index in [9.17, 15) is 9.59 Å². The quantitative estimate of drug-likeness (QED) is 0.810. The molecule has 0 spiro atoms. The zero-order chi connectivity index (χ0) is 12.7. The van der Waals surface area contributed by atoms with E-state index in [0.717, 1.165) is 5.56 Å². The van der Waals surface area contributed by atoms with E-state index in [2.05, 4.69) is 5.32 Å². The number of carbonyl (C=O) groups is 2. The zero-order valence-corrected chi connectivity index (χ0v) is 10.5. The Balaban J connectivity index is 2.06. The molecule has 3 rings (SSSR count). The van der Waals surface area contributed by atoms with Gasteiger partial charge in [-0.3, -0.25) is 9.59 Å². The average molecular weight is 265 g/mol. The number of carbonyl (C=O) groups excluding carboxylic acids is 2. The molecule has 2 heterocycles. The summed E-state index contributed by atoms with van der Waals surface area (Å²) in [7, 11) is 0. The van der Waals surface area contributed by atoms with Crippen LogP contribution in [0.5, 0.6) is 0 Å². The Kier molecular flexibility index (Phi) is 2.84. The highest BCUT2D eigenvalue weighted by molar-refractivity contribution is 6.28. The molecule has 2 unspecified atom stereocenters. The first kappa shape index (κ1) is 11.7. The van der Waals surface area contributed by atoms with Gasteiger partial charge in [-0.05, 0) is 11.6 Å². The number of nitrogens with one attached hydrogen (secondary N) is 1. The number of piperazine rings is 1. The Bertz CT molecular complexity index is 517. The standard InChI is InChI=1S/C13H13ClN2O2/c14-7-10(17)11-12-8-3-1-2-4-9(8)13(18)16(12)6-5-15-11/h1-4,11-12,15H,5-7H2. The zero-order valence-electron chi connectivity index (χ0n) is 9.73. The maximum atomic E-state index is 12.2. The van der Waals surface area contributed by atoms with Crippen molar-refractivity contribution >= 4 is 23.3 Å². The van der Waals surface area contributed by atoms with E-state index < -0.39 is 0 Å². The molecule has 1 aromatic carbocycles. The fourth-order valence-electron chi connectivity index (χ4n) is 2.82. The first-order chi connectivity index (χ1) is 8.74. The number of fused-ring (bicyclic) bond motifs is 3. The van der Waals surface area contributed by atoms with Crippen LogP contribution in [0.15, 0.2) is 24.3 Å². The maximum Gasteiger partial charge on any atom is 0.254 e. The van der Waals surface area contributed by atoms with Gasteiger partial charge in [-0.2, -0.15) is 0 Å². The molecule has 5 heteroatoms. The van der Waals surface area contributed by atoms with Crippen LogP contribution in [-0.4, -0.2) is 41.6 Å².